The minimum atomic E-state index is -0.0634. The number of aryl methyl sites for hydroxylation is 1. The first kappa shape index (κ1) is 12.3. The van der Waals surface area contributed by atoms with Gasteiger partial charge in [-0.15, -0.1) is 0 Å². The summed E-state index contributed by atoms with van der Waals surface area (Å²) in [6.45, 7) is 2.49. The van der Waals surface area contributed by atoms with Crippen LogP contribution in [-0.4, -0.2) is 22.4 Å². The molecule has 0 saturated carbocycles. The van der Waals surface area contributed by atoms with E-state index in [0.29, 0.717) is 18.1 Å². The molecule has 1 aliphatic heterocycles. The maximum absolute atomic E-state index is 12.5. The molecule has 2 aromatic rings. The summed E-state index contributed by atoms with van der Waals surface area (Å²) in [7, 11) is 0. The van der Waals surface area contributed by atoms with Crippen LogP contribution in [0.15, 0.2) is 34.9 Å². The van der Waals surface area contributed by atoms with Crippen molar-refractivity contribution >= 4 is 27.5 Å². The number of rotatable bonds is 1. The Morgan fingerprint density at radius 1 is 1.37 bits per heavy atom. The number of fused-ring (bicyclic) bond motifs is 1. The largest absolute Gasteiger partial charge is 0.306 e. The lowest BCUT2D eigenvalue weighted by Crippen LogP contribution is -2.29. The summed E-state index contributed by atoms with van der Waals surface area (Å²) in [5.41, 5.74) is 2.61. The number of halogens is 1. The SMILES string of the molecule is Cc1nccc(C(=O)N2CCc3cc(Br)ccc32)n1. The van der Waals surface area contributed by atoms with Crippen molar-refractivity contribution in [3.05, 3.63) is 52.0 Å². The van der Waals surface area contributed by atoms with Crippen LogP contribution in [0.1, 0.15) is 21.9 Å². The van der Waals surface area contributed by atoms with Gasteiger partial charge in [0, 0.05) is 22.9 Å². The zero-order valence-corrected chi connectivity index (χ0v) is 12.0. The van der Waals surface area contributed by atoms with Crippen LogP contribution < -0.4 is 4.90 Å². The Kier molecular flexibility index (Phi) is 3.06. The van der Waals surface area contributed by atoms with Crippen LogP contribution >= 0.6 is 15.9 Å². The number of carbonyl (C=O) groups excluding carboxylic acids is 1. The molecular weight excluding hydrogens is 306 g/mol. The molecule has 1 aromatic carbocycles. The Morgan fingerprint density at radius 2 is 2.21 bits per heavy atom. The molecule has 1 aliphatic rings. The van der Waals surface area contributed by atoms with E-state index in [-0.39, 0.29) is 5.91 Å². The average Bonchev–Trinajstić information content (AvgIpc) is 2.80. The van der Waals surface area contributed by atoms with E-state index in [1.807, 2.05) is 12.1 Å². The van der Waals surface area contributed by atoms with E-state index in [1.165, 1.54) is 5.56 Å². The fourth-order valence-electron chi connectivity index (χ4n) is 2.29. The Balaban J connectivity index is 1.95. The molecule has 0 unspecified atom stereocenters. The van der Waals surface area contributed by atoms with Crippen molar-refractivity contribution in [2.75, 3.05) is 11.4 Å². The molecule has 4 nitrogen and oxygen atoms in total. The monoisotopic (exact) mass is 317 g/mol. The molecule has 0 fully saturated rings. The van der Waals surface area contributed by atoms with E-state index < -0.39 is 0 Å². The second-order valence-corrected chi connectivity index (χ2v) is 5.38. The smallest absolute Gasteiger partial charge is 0.277 e. The maximum atomic E-state index is 12.5. The minimum absolute atomic E-state index is 0.0634. The standard InChI is InChI=1S/C14H12BrN3O/c1-9-16-6-4-12(17-9)14(19)18-7-5-10-8-11(15)2-3-13(10)18/h2-4,6,8H,5,7H2,1H3. The molecule has 0 aliphatic carbocycles. The predicted octanol–water partition coefficient (Wildman–Crippen LogP) is 2.75. The van der Waals surface area contributed by atoms with E-state index in [0.717, 1.165) is 16.6 Å². The summed E-state index contributed by atoms with van der Waals surface area (Å²) in [5, 5.41) is 0. The lowest BCUT2D eigenvalue weighted by atomic mass is 10.2. The molecule has 2 heterocycles. The Bertz CT molecular complexity index is 657. The number of hydrogen-bond donors (Lipinski definition) is 0. The van der Waals surface area contributed by atoms with Crippen molar-refractivity contribution in [3.8, 4) is 0 Å². The van der Waals surface area contributed by atoms with Crippen molar-refractivity contribution in [2.24, 2.45) is 0 Å². The highest BCUT2D eigenvalue weighted by atomic mass is 79.9. The molecule has 96 valence electrons. The third-order valence-electron chi connectivity index (χ3n) is 3.18. The van der Waals surface area contributed by atoms with Crippen LogP contribution in [0.2, 0.25) is 0 Å². The Morgan fingerprint density at radius 3 is 3.00 bits per heavy atom. The van der Waals surface area contributed by atoms with E-state index in [4.69, 9.17) is 0 Å². The number of benzene rings is 1. The summed E-state index contributed by atoms with van der Waals surface area (Å²) in [6.07, 6.45) is 2.50. The Hall–Kier alpha value is -1.75. The molecule has 1 amide bonds. The van der Waals surface area contributed by atoms with Gasteiger partial charge in [0.2, 0.25) is 0 Å². The van der Waals surface area contributed by atoms with Crippen LogP contribution in [0.25, 0.3) is 0 Å². The van der Waals surface area contributed by atoms with Crippen molar-refractivity contribution in [1.82, 2.24) is 9.97 Å². The van der Waals surface area contributed by atoms with Crippen LogP contribution in [0.4, 0.5) is 5.69 Å². The van der Waals surface area contributed by atoms with Crippen molar-refractivity contribution in [2.45, 2.75) is 13.3 Å². The highest BCUT2D eigenvalue weighted by Crippen LogP contribution is 2.31. The third-order valence-corrected chi connectivity index (χ3v) is 3.67. The summed E-state index contributed by atoms with van der Waals surface area (Å²) in [4.78, 5) is 22.5. The van der Waals surface area contributed by atoms with Gasteiger partial charge >= 0.3 is 0 Å². The van der Waals surface area contributed by atoms with E-state index in [2.05, 4.69) is 32.0 Å². The quantitative estimate of drug-likeness (QED) is 0.812. The molecular formula is C14H12BrN3O. The van der Waals surface area contributed by atoms with Crippen LogP contribution in [0, 0.1) is 6.92 Å². The summed E-state index contributed by atoms with van der Waals surface area (Å²) in [6, 6.07) is 7.65. The van der Waals surface area contributed by atoms with Crippen LogP contribution in [0.5, 0.6) is 0 Å². The number of anilines is 1. The molecule has 1 aromatic heterocycles. The molecule has 5 heteroatoms. The topological polar surface area (TPSA) is 46.1 Å². The molecule has 19 heavy (non-hydrogen) atoms. The van der Waals surface area contributed by atoms with Gasteiger partial charge < -0.3 is 4.90 Å². The number of aromatic nitrogens is 2. The lowest BCUT2D eigenvalue weighted by Gasteiger charge is -2.16. The number of nitrogens with zero attached hydrogens (tertiary/aromatic N) is 3. The normalized spacial score (nSPS) is 13.5. The van der Waals surface area contributed by atoms with Gasteiger partial charge in [-0.1, -0.05) is 15.9 Å². The van der Waals surface area contributed by atoms with Gasteiger partial charge in [-0.2, -0.15) is 0 Å². The lowest BCUT2D eigenvalue weighted by molar-refractivity contribution is 0.0984. The number of amides is 1. The van der Waals surface area contributed by atoms with Gasteiger partial charge in [-0.3, -0.25) is 4.79 Å². The van der Waals surface area contributed by atoms with Gasteiger partial charge in [-0.05, 0) is 43.2 Å². The summed E-state index contributed by atoms with van der Waals surface area (Å²) >= 11 is 3.45. The highest BCUT2D eigenvalue weighted by molar-refractivity contribution is 9.10. The predicted molar refractivity (Wildman–Crippen MR) is 76.3 cm³/mol. The van der Waals surface area contributed by atoms with Crippen molar-refractivity contribution in [1.29, 1.82) is 0 Å². The molecule has 0 saturated heterocycles. The molecule has 0 bridgehead atoms. The molecule has 0 spiro atoms. The minimum Gasteiger partial charge on any atom is -0.306 e. The highest BCUT2D eigenvalue weighted by Gasteiger charge is 2.26. The first-order chi connectivity index (χ1) is 9.15. The maximum Gasteiger partial charge on any atom is 0.277 e. The van der Waals surface area contributed by atoms with Gasteiger partial charge in [0.05, 0.1) is 0 Å². The van der Waals surface area contributed by atoms with Crippen molar-refractivity contribution in [3.63, 3.8) is 0 Å². The first-order valence-electron chi connectivity index (χ1n) is 6.05. The second kappa shape index (κ2) is 4.74. The zero-order valence-electron chi connectivity index (χ0n) is 10.4. The van der Waals surface area contributed by atoms with Gasteiger partial charge in [0.25, 0.3) is 5.91 Å². The first-order valence-corrected chi connectivity index (χ1v) is 6.84. The van der Waals surface area contributed by atoms with E-state index >= 15 is 0 Å². The molecule has 0 atom stereocenters. The van der Waals surface area contributed by atoms with Crippen LogP contribution in [-0.2, 0) is 6.42 Å². The van der Waals surface area contributed by atoms with Crippen LogP contribution in [0.3, 0.4) is 0 Å². The molecule has 3 rings (SSSR count). The van der Waals surface area contributed by atoms with E-state index in [1.54, 1.807) is 24.1 Å². The summed E-state index contributed by atoms with van der Waals surface area (Å²) < 4.78 is 1.04. The van der Waals surface area contributed by atoms with Gasteiger partial charge in [-0.25, -0.2) is 9.97 Å². The van der Waals surface area contributed by atoms with Gasteiger partial charge in [0.15, 0.2) is 0 Å². The zero-order chi connectivity index (χ0) is 13.4. The molecule has 0 N–H and O–H groups in total. The van der Waals surface area contributed by atoms with Gasteiger partial charge in [0.1, 0.15) is 11.5 Å². The number of hydrogen-bond acceptors (Lipinski definition) is 3. The number of carbonyl (C=O) groups is 1. The average molecular weight is 318 g/mol. The third kappa shape index (κ3) is 2.26. The fraction of sp³-hybridized carbons (Fsp3) is 0.214. The molecule has 0 radical (unpaired) electrons. The van der Waals surface area contributed by atoms with E-state index in [9.17, 15) is 4.79 Å². The van der Waals surface area contributed by atoms with Crippen molar-refractivity contribution < 1.29 is 4.79 Å². The fourth-order valence-corrected chi connectivity index (χ4v) is 2.70. The summed E-state index contributed by atoms with van der Waals surface area (Å²) in [5.74, 6) is 0.549. The second-order valence-electron chi connectivity index (χ2n) is 4.47. The Labute approximate surface area is 119 Å².